The topological polar surface area (TPSA) is 79.3 Å². The fourth-order valence-corrected chi connectivity index (χ4v) is 3.76. The van der Waals surface area contributed by atoms with E-state index in [-0.39, 0.29) is 11.5 Å². The Balaban J connectivity index is 1.77. The largest absolute Gasteiger partial charge is 0.497 e. The van der Waals surface area contributed by atoms with Crippen LogP contribution < -0.4 is 14.6 Å². The van der Waals surface area contributed by atoms with Crippen molar-refractivity contribution in [3.8, 4) is 5.75 Å². The average molecular weight is 442 g/mol. The lowest BCUT2D eigenvalue weighted by Crippen LogP contribution is -2.39. The Morgan fingerprint density at radius 2 is 1.61 bits per heavy atom. The maximum atomic E-state index is 13.2. The van der Waals surface area contributed by atoms with E-state index in [0.717, 1.165) is 9.37 Å². The molecule has 1 fully saturated rings. The standard InChI is InChI=1S/C20H16BrN3O4/c1-11(25)17-16-18(24(22-17)14-7-9-15(28-2)10-8-14)20(27)23(19(16)26)13-5-3-12(21)4-6-13/h3-10,16,18H,1-2H3. The second kappa shape index (κ2) is 6.87. The second-order valence-electron chi connectivity index (χ2n) is 6.49. The third-order valence-corrected chi connectivity index (χ3v) is 5.36. The van der Waals surface area contributed by atoms with Crippen molar-refractivity contribution in [2.24, 2.45) is 11.0 Å². The number of fused-ring (bicyclic) bond motifs is 1. The van der Waals surface area contributed by atoms with Gasteiger partial charge in [0, 0.05) is 11.4 Å². The summed E-state index contributed by atoms with van der Waals surface area (Å²) in [5.41, 5.74) is 1.16. The van der Waals surface area contributed by atoms with Crippen molar-refractivity contribution in [2.75, 3.05) is 17.0 Å². The van der Waals surface area contributed by atoms with E-state index in [2.05, 4.69) is 21.0 Å². The fourth-order valence-electron chi connectivity index (χ4n) is 3.50. The number of ether oxygens (including phenoxy) is 1. The van der Waals surface area contributed by atoms with Gasteiger partial charge in [0.2, 0.25) is 5.91 Å². The van der Waals surface area contributed by atoms with Gasteiger partial charge in [-0.1, -0.05) is 15.9 Å². The van der Waals surface area contributed by atoms with Gasteiger partial charge in [0.25, 0.3) is 5.91 Å². The van der Waals surface area contributed by atoms with Crippen molar-refractivity contribution < 1.29 is 19.1 Å². The molecule has 0 N–H and O–H groups in total. The summed E-state index contributed by atoms with van der Waals surface area (Å²) in [6.45, 7) is 1.35. The monoisotopic (exact) mass is 441 g/mol. The Labute approximate surface area is 169 Å². The van der Waals surface area contributed by atoms with Crippen LogP contribution >= 0.6 is 15.9 Å². The van der Waals surface area contributed by atoms with Crippen LogP contribution in [0.5, 0.6) is 5.75 Å². The summed E-state index contributed by atoms with van der Waals surface area (Å²) in [5, 5.41) is 5.78. The van der Waals surface area contributed by atoms with E-state index in [1.807, 2.05) is 0 Å². The van der Waals surface area contributed by atoms with Crippen molar-refractivity contribution in [3.05, 3.63) is 53.0 Å². The highest BCUT2D eigenvalue weighted by molar-refractivity contribution is 9.10. The zero-order chi connectivity index (χ0) is 20.0. The first-order valence-electron chi connectivity index (χ1n) is 8.58. The Hall–Kier alpha value is -3.00. The zero-order valence-electron chi connectivity index (χ0n) is 15.1. The maximum absolute atomic E-state index is 13.2. The van der Waals surface area contributed by atoms with Gasteiger partial charge in [0.1, 0.15) is 23.4 Å². The lowest BCUT2D eigenvalue weighted by molar-refractivity contribution is -0.122. The van der Waals surface area contributed by atoms with Crippen molar-refractivity contribution in [1.82, 2.24) is 0 Å². The number of benzene rings is 2. The van der Waals surface area contributed by atoms with Crippen LogP contribution in [-0.2, 0) is 14.4 Å². The number of rotatable bonds is 4. The predicted octanol–water partition coefficient (Wildman–Crippen LogP) is 2.78. The van der Waals surface area contributed by atoms with Gasteiger partial charge >= 0.3 is 0 Å². The van der Waals surface area contributed by atoms with Gasteiger partial charge in [-0.05, 0) is 48.5 Å². The molecular formula is C20H16BrN3O4. The van der Waals surface area contributed by atoms with Crippen molar-refractivity contribution in [3.63, 3.8) is 0 Å². The molecule has 2 aromatic rings. The second-order valence-corrected chi connectivity index (χ2v) is 7.41. The number of ketones is 1. The number of carbonyl (C=O) groups is 3. The van der Waals surface area contributed by atoms with E-state index in [0.29, 0.717) is 17.1 Å². The molecule has 2 unspecified atom stereocenters. The van der Waals surface area contributed by atoms with Crippen molar-refractivity contribution in [2.45, 2.75) is 13.0 Å². The van der Waals surface area contributed by atoms with E-state index in [9.17, 15) is 14.4 Å². The number of hydrogen-bond donors (Lipinski definition) is 0. The molecule has 2 aliphatic heterocycles. The molecule has 7 nitrogen and oxygen atoms in total. The molecule has 2 aliphatic rings. The number of hydrogen-bond acceptors (Lipinski definition) is 6. The highest BCUT2D eigenvalue weighted by atomic mass is 79.9. The molecule has 0 bridgehead atoms. The fraction of sp³-hybridized carbons (Fsp3) is 0.200. The first-order valence-corrected chi connectivity index (χ1v) is 9.38. The van der Waals surface area contributed by atoms with Crippen LogP contribution in [0.2, 0.25) is 0 Å². The van der Waals surface area contributed by atoms with E-state index < -0.39 is 23.8 Å². The maximum Gasteiger partial charge on any atom is 0.259 e. The summed E-state index contributed by atoms with van der Waals surface area (Å²) >= 11 is 3.34. The molecule has 2 atom stereocenters. The molecule has 4 rings (SSSR count). The molecule has 2 amide bonds. The first-order chi connectivity index (χ1) is 13.4. The molecule has 2 heterocycles. The number of amides is 2. The Bertz CT molecular complexity index is 1000. The van der Waals surface area contributed by atoms with Crippen LogP contribution in [0.25, 0.3) is 0 Å². The summed E-state index contributed by atoms with van der Waals surface area (Å²) in [6.07, 6.45) is 0. The quantitative estimate of drug-likeness (QED) is 0.681. The van der Waals surface area contributed by atoms with E-state index in [1.165, 1.54) is 11.9 Å². The third kappa shape index (κ3) is 2.80. The van der Waals surface area contributed by atoms with Gasteiger partial charge in [-0.25, -0.2) is 4.90 Å². The highest BCUT2D eigenvalue weighted by Crippen LogP contribution is 2.38. The van der Waals surface area contributed by atoms with Crippen LogP contribution in [-0.4, -0.2) is 36.5 Å². The summed E-state index contributed by atoms with van der Waals surface area (Å²) < 4.78 is 5.99. The molecular weight excluding hydrogens is 426 g/mol. The first kappa shape index (κ1) is 18.4. The molecule has 0 aliphatic carbocycles. The van der Waals surface area contributed by atoms with Gasteiger partial charge in [-0.3, -0.25) is 19.4 Å². The SMILES string of the molecule is COc1ccc(N2N=C(C(C)=O)C3C(=O)N(c4ccc(Br)cc4)C(=O)C32)cc1. The average Bonchev–Trinajstić information content (AvgIpc) is 3.20. The number of nitrogens with zero attached hydrogens (tertiary/aromatic N) is 3. The zero-order valence-corrected chi connectivity index (χ0v) is 16.7. The molecule has 0 aromatic heterocycles. The van der Waals surface area contributed by atoms with Crippen molar-refractivity contribution in [1.29, 1.82) is 0 Å². The number of imide groups is 1. The van der Waals surface area contributed by atoms with E-state index in [4.69, 9.17) is 4.74 Å². The minimum Gasteiger partial charge on any atom is -0.497 e. The Kier molecular flexibility index (Phi) is 4.50. The summed E-state index contributed by atoms with van der Waals surface area (Å²) in [7, 11) is 1.56. The molecule has 1 saturated heterocycles. The van der Waals surface area contributed by atoms with Crippen LogP contribution in [0.3, 0.4) is 0 Å². The molecule has 28 heavy (non-hydrogen) atoms. The minimum atomic E-state index is -0.921. The Morgan fingerprint density at radius 3 is 2.18 bits per heavy atom. The number of Topliss-reactive ketones (excluding diaryl/α,β-unsaturated/α-hetero) is 1. The summed E-state index contributed by atoms with van der Waals surface area (Å²) in [4.78, 5) is 39.6. The summed E-state index contributed by atoms with van der Waals surface area (Å²) in [6, 6.07) is 12.9. The molecule has 0 radical (unpaired) electrons. The van der Waals surface area contributed by atoms with Gasteiger partial charge in [0.15, 0.2) is 5.78 Å². The van der Waals surface area contributed by atoms with Crippen molar-refractivity contribution >= 4 is 50.6 Å². The minimum absolute atomic E-state index is 0.0961. The van der Waals surface area contributed by atoms with Gasteiger partial charge < -0.3 is 4.74 Å². The normalized spacial score (nSPS) is 21.0. The highest BCUT2D eigenvalue weighted by Gasteiger charge is 2.58. The van der Waals surface area contributed by atoms with Crippen LogP contribution in [0.1, 0.15) is 6.92 Å². The lowest BCUT2D eigenvalue weighted by atomic mass is 9.95. The third-order valence-electron chi connectivity index (χ3n) is 4.83. The molecule has 8 heteroatoms. The number of halogens is 1. The number of hydrazone groups is 1. The number of anilines is 2. The Morgan fingerprint density at radius 1 is 1.00 bits per heavy atom. The molecule has 2 aromatic carbocycles. The number of carbonyl (C=O) groups excluding carboxylic acids is 3. The lowest BCUT2D eigenvalue weighted by Gasteiger charge is -2.22. The molecule has 142 valence electrons. The van der Waals surface area contributed by atoms with Crippen LogP contribution in [0.15, 0.2) is 58.1 Å². The molecule has 0 spiro atoms. The molecule has 0 saturated carbocycles. The van der Waals surface area contributed by atoms with Crippen LogP contribution in [0.4, 0.5) is 11.4 Å². The van der Waals surface area contributed by atoms with E-state index in [1.54, 1.807) is 55.6 Å². The summed E-state index contributed by atoms with van der Waals surface area (Å²) in [5.74, 6) is -1.45. The number of methoxy groups -OCH3 is 1. The van der Waals surface area contributed by atoms with E-state index >= 15 is 0 Å². The van der Waals surface area contributed by atoms with Gasteiger partial charge in [-0.15, -0.1) is 0 Å². The smallest absolute Gasteiger partial charge is 0.259 e. The predicted molar refractivity (Wildman–Crippen MR) is 108 cm³/mol. The van der Waals surface area contributed by atoms with Gasteiger partial charge in [-0.2, -0.15) is 5.10 Å². The van der Waals surface area contributed by atoms with Gasteiger partial charge in [0.05, 0.1) is 18.5 Å². The van der Waals surface area contributed by atoms with Crippen LogP contribution in [0, 0.1) is 5.92 Å².